The van der Waals surface area contributed by atoms with E-state index in [1.54, 1.807) is 12.1 Å². The average molecular weight is 373 g/mol. The van der Waals surface area contributed by atoms with Crippen molar-refractivity contribution < 1.29 is 4.92 Å². The zero-order chi connectivity index (χ0) is 18.5. The first-order valence-corrected chi connectivity index (χ1v) is 8.91. The molecule has 26 heavy (non-hydrogen) atoms. The van der Waals surface area contributed by atoms with Crippen LogP contribution in [0.2, 0.25) is 5.02 Å². The fraction of sp³-hybridized carbons (Fsp3) is 0.316. The molecule has 0 atom stereocenters. The van der Waals surface area contributed by atoms with Crippen LogP contribution in [0.15, 0.2) is 53.6 Å². The van der Waals surface area contributed by atoms with Crippen molar-refractivity contribution in [1.29, 1.82) is 0 Å². The number of nitro groups is 1. The Morgan fingerprint density at radius 1 is 1.15 bits per heavy atom. The highest BCUT2D eigenvalue weighted by atomic mass is 35.5. The van der Waals surface area contributed by atoms with Crippen LogP contribution in [0, 0.1) is 10.1 Å². The summed E-state index contributed by atoms with van der Waals surface area (Å²) in [6.45, 7) is 6.31. The Balaban J connectivity index is 1.57. The number of halogens is 1. The second-order valence-corrected chi connectivity index (χ2v) is 6.79. The van der Waals surface area contributed by atoms with Crippen molar-refractivity contribution >= 4 is 23.0 Å². The molecule has 0 aromatic heterocycles. The van der Waals surface area contributed by atoms with Crippen LogP contribution in [0.1, 0.15) is 18.1 Å². The first-order chi connectivity index (χ1) is 12.5. The van der Waals surface area contributed by atoms with E-state index in [1.165, 1.54) is 11.6 Å². The number of hydrogen-bond acceptors (Lipinski definition) is 5. The number of benzene rings is 2. The quantitative estimate of drug-likeness (QED) is 0.455. The molecule has 1 aliphatic heterocycles. The third-order valence-corrected chi connectivity index (χ3v) is 4.69. The van der Waals surface area contributed by atoms with Crippen LogP contribution in [0.4, 0.5) is 5.69 Å². The van der Waals surface area contributed by atoms with Gasteiger partial charge >= 0.3 is 0 Å². The van der Waals surface area contributed by atoms with Crippen molar-refractivity contribution in [1.82, 2.24) is 9.91 Å². The molecule has 1 fully saturated rings. The largest absolute Gasteiger partial charge is 0.295 e. The summed E-state index contributed by atoms with van der Waals surface area (Å²) < 4.78 is 0. The molecule has 3 rings (SSSR count). The van der Waals surface area contributed by atoms with Gasteiger partial charge in [-0.3, -0.25) is 20.0 Å². The number of rotatable bonds is 5. The standard InChI is InChI=1S/C19H21ClN4O2/c1-15(17-3-2-4-19(13-17)24(25)26)21-23-11-9-22(10-12-23)14-16-5-7-18(20)8-6-16/h2-8,13H,9-12,14H2,1H3/b21-15+. The van der Waals surface area contributed by atoms with Gasteiger partial charge in [-0.25, -0.2) is 0 Å². The molecule has 0 amide bonds. The summed E-state index contributed by atoms with van der Waals surface area (Å²) >= 11 is 5.93. The molecule has 7 heteroatoms. The van der Waals surface area contributed by atoms with Gasteiger partial charge in [-0.2, -0.15) is 5.10 Å². The normalized spacial score (nSPS) is 15.9. The number of hydrogen-bond donors (Lipinski definition) is 0. The van der Waals surface area contributed by atoms with Crippen molar-refractivity contribution in [3.8, 4) is 0 Å². The number of nitrogens with zero attached hydrogens (tertiary/aromatic N) is 4. The fourth-order valence-electron chi connectivity index (χ4n) is 2.96. The molecular formula is C19H21ClN4O2. The Kier molecular flexibility index (Phi) is 5.85. The zero-order valence-electron chi connectivity index (χ0n) is 14.6. The van der Waals surface area contributed by atoms with Gasteiger partial charge in [-0.1, -0.05) is 35.9 Å². The number of non-ortho nitro benzene ring substituents is 1. The fourth-order valence-corrected chi connectivity index (χ4v) is 3.08. The molecule has 2 aromatic rings. The minimum atomic E-state index is -0.383. The summed E-state index contributed by atoms with van der Waals surface area (Å²) in [5.41, 5.74) is 2.91. The first-order valence-electron chi connectivity index (χ1n) is 8.53. The van der Waals surface area contributed by atoms with Crippen LogP contribution in [0.5, 0.6) is 0 Å². The van der Waals surface area contributed by atoms with Crippen LogP contribution in [0.25, 0.3) is 0 Å². The highest BCUT2D eigenvalue weighted by Crippen LogP contribution is 2.16. The average Bonchev–Trinajstić information content (AvgIpc) is 2.65. The molecule has 1 aliphatic rings. The molecule has 0 radical (unpaired) electrons. The molecule has 2 aromatic carbocycles. The molecule has 0 N–H and O–H groups in total. The monoisotopic (exact) mass is 372 g/mol. The molecule has 1 heterocycles. The summed E-state index contributed by atoms with van der Waals surface area (Å²) in [6.07, 6.45) is 0. The molecule has 136 valence electrons. The minimum absolute atomic E-state index is 0.0878. The number of hydrazone groups is 1. The SMILES string of the molecule is C/C(=N\N1CCN(Cc2ccc(Cl)cc2)CC1)c1cccc([N+](=O)[O-])c1. The van der Waals surface area contributed by atoms with E-state index in [2.05, 4.69) is 22.1 Å². The molecule has 0 bridgehead atoms. The Hall–Kier alpha value is -2.44. The van der Waals surface area contributed by atoms with Crippen LogP contribution in [-0.4, -0.2) is 46.7 Å². The maximum atomic E-state index is 10.9. The van der Waals surface area contributed by atoms with Crippen molar-refractivity contribution in [2.24, 2.45) is 5.10 Å². The van der Waals surface area contributed by atoms with E-state index in [9.17, 15) is 10.1 Å². The van der Waals surface area contributed by atoms with Gasteiger partial charge in [0, 0.05) is 55.4 Å². The Labute approximate surface area is 157 Å². The lowest BCUT2D eigenvalue weighted by Gasteiger charge is -2.33. The molecule has 0 spiro atoms. The molecule has 0 saturated carbocycles. The molecule has 6 nitrogen and oxygen atoms in total. The van der Waals surface area contributed by atoms with Crippen molar-refractivity contribution in [3.63, 3.8) is 0 Å². The smallest absolute Gasteiger partial charge is 0.270 e. The lowest BCUT2D eigenvalue weighted by atomic mass is 10.1. The van der Waals surface area contributed by atoms with E-state index in [0.717, 1.165) is 49.0 Å². The second-order valence-electron chi connectivity index (χ2n) is 6.35. The van der Waals surface area contributed by atoms with E-state index in [0.29, 0.717) is 0 Å². The second kappa shape index (κ2) is 8.29. The first kappa shape index (κ1) is 18.4. The summed E-state index contributed by atoms with van der Waals surface area (Å²) in [7, 11) is 0. The molecule has 1 saturated heterocycles. The number of piperazine rings is 1. The van der Waals surface area contributed by atoms with Crippen LogP contribution >= 0.6 is 11.6 Å². The van der Waals surface area contributed by atoms with Gasteiger partial charge in [-0.05, 0) is 24.6 Å². The molecule has 0 unspecified atom stereocenters. The van der Waals surface area contributed by atoms with E-state index >= 15 is 0 Å². The van der Waals surface area contributed by atoms with Crippen LogP contribution in [-0.2, 0) is 6.54 Å². The van der Waals surface area contributed by atoms with Gasteiger partial charge in [0.2, 0.25) is 0 Å². The third kappa shape index (κ3) is 4.80. The van der Waals surface area contributed by atoms with Crippen molar-refractivity contribution in [2.45, 2.75) is 13.5 Å². The lowest BCUT2D eigenvalue weighted by molar-refractivity contribution is -0.384. The topological polar surface area (TPSA) is 62.0 Å². The molecular weight excluding hydrogens is 352 g/mol. The van der Waals surface area contributed by atoms with Gasteiger partial charge < -0.3 is 0 Å². The van der Waals surface area contributed by atoms with Crippen LogP contribution < -0.4 is 0 Å². The molecule has 0 aliphatic carbocycles. The maximum absolute atomic E-state index is 10.9. The Morgan fingerprint density at radius 3 is 2.50 bits per heavy atom. The maximum Gasteiger partial charge on any atom is 0.270 e. The summed E-state index contributed by atoms with van der Waals surface area (Å²) in [6, 6.07) is 14.5. The predicted octanol–water partition coefficient (Wildman–Crippen LogP) is 3.79. The van der Waals surface area contributed by atoms with Gasteiger partial charge in [-0.15, -0.1) is 0 Å². The van der Waals surface area contributed by atoms with Gasteiger partial charge in [0.15, 0.2) is 0 Å². The third-order valence-electron chi connectivity index (χ3n) is 4.43. The van der Waals surface area contributed by atoms with E-state index in [-0.39, 0.29) is 10.6 Å². The van der Waals surface area contributed by atoms with Crippen LogP contribution in [0.3, 0.4) is 0 Å². The van der Waals surface area contributed by atoms with Crippen molar-refractivity contribution in [3.05, 3.63) is 74.8 Å². The van der Waals surface area contributed by atoms with E-state index in [4.69, 9.17) is 11.6 Å². The zero-order valence-corrected chi connectivity index (χ0v) is 15.4. The lowest BCUT2D eigenvalue weighted by Crippen LogP contribution is -2.43. The predicted molar refractivity (Wildman–Crippen MR) is 104 cm³/mol. The summed E-state index contributed by atoms with van der Waals surface area (Å²) in [5.74, 6) is 0. The summed E-state index contributed by atoms with van der Waals surface area (Å²) in [5, 5.41) is 18.3. The minimum Gasteiger partial charge on any atom is -0.295 e. The number of nitro benzene ring substituents is 1. The van der Waals surface area contributed by atoms with Crippen molar-refractivity contribution in [2.75, 3.05) is 26.2 Å². The highest BCUT2D eigenvalue weighted by Gasteiger charge is 2.16. The Morgan fingerprint density at radius 2 is 1.85 bits per heavy atom. The van der Waals surface area contributed by atoms with E-state index < -0.39 is 0 Å². The Bertz CT molecular complexity index is 799. The van der Waals surface area contributed by atoms with E-state index in [1.807, 2.05) is 30.1 Å². The van der Waals surface area contributed by atoms with Gasteiger partial charge in [0.25, 0.3) is 5.69 Å². The van der Waals surface area contributed by atoms with Gasteiger partial charge in [0.05, 0.1) is 10.6 Å². The van der Waals surface area contributed by atoms with Gasteiger partial charge in [0.1, 0.15) is 0 Å². The highest BCUT2D eigenvalue weighted by molar-refractivity contribution is 6.30. The summed E-state index contributed by atoms with van der Waals surface area (Å²) in [4.78, 5) is 12.9.